The molecule has 0 bridgehead atoms. The average molecular weight is 330 g/mol. The van der Waals surface area contributed by atoms with E-state index in [9.17, 15) is 14.4 Å². The number of benzene rings is 1. The molecule has 1 fully saturated rings. The average Bonchev–Trinajstić information content (AvgIpc) is 3.19. The molecule has 1 aliphatic rings. The highest BCUT2D eigenvalue weighted by atomic mass is 16.6. The zero-order valence-electron chi connectivity index (χ0n) is 12.9. The number of aryl methyl sites for hydroxylation is 1. The number of aromatic nitrogens is 1. The van der Waals surface area contributed by atoms with Gasteiger partial charge in [-0.2, -0.15) is 0 Å². The molecule has 1 aromatic heterocycles. The number of carbonyl (C=O) groups is 3. The number of nitrogens with zero attached hydrogens (tertiary/aromatic N) is 2. The Bertz CT molecular complexity index is 783. The molecule has 0 spiro atoms. The van der Waals surface area contributed by atoms with Gasteiger partial charge in [0.2, 0.25) is 5.89 Å². The highest BCUT2D eigenvalue weighted by Crippen LogP contribution is 2.21. The molecule has 24 heavy (non-hydrogen) atoms. The van der Waals surface area contributed by atoms with Crippen molar-refractivity contribution in [2.24, 2.45) is 0 Å². The Hall–Kier alpha value is -3.16. The molecule has 2 heterocycles. The van der Waals surface area contributed by atoms with Crippen LogP contribution in [0.1, 0.15) is 16.2 Å². The van der Waals surface area contributed by atoms with E-state index < -0.39 is 24.6 Å². The van der Waals surface area contributed by atoms with Gasteiger partial charge in [0.05, 0.1) is 6.54 Å². The number of rotatable bonds is 4. The van der Waals surface area contributed by atoms with Gasteiger partial charge >= 0.3 is 12.1 Å². The van der Waals surface area contributed by atoms with Crippen molar-refractivity contribution in [1.82, 2.24) is 9.88 Å². The molecule has 1 aliphatic heterocycles. The molecule has 0 unspecified atom stereocenters. The van der Waals surface area contributed by atoms with Gasteiger partial charge in [-0.3, -0.25) is 4.79 Å². The third-order valence-corrected chi connectivity index (χ3v) is 3.40. The second kappa shape index (κ2) is 6.53. The van der Waals surface area contributed by atoms with Crippen LogP contribution in [-0.2, 0) is 14.3 Å². The fraction of sp³-hybridized carbons (Fsp3) is 0.250. The lowest BCUT2D eigenvalue weighted by Gasteiger charge is -2.10. The number of esters is 1. The van der Waals surface area contributed by atoms with Crippen LogP contribution in [0, 0.1) is 6.92 Å². The lowest BCUT2D eigenvalue weighted by atomic mass is 10.2. The summed E-state index contributed by atoms with van der Waals surface area (Å²) in [5, 5.41) is 0. The fourth-order valence-corrected chi connectivity index (χ4v) is 2.18. The van der Waals surface area contributed by atoms with E-state index in [1.54, 1.807) is 19.1 Å². The summed E-state index contributed by atoms with van der Waals surface area (Å²) in [6, 6.07) is 9.08. The van der Waals surface area contributed by atoms with Crippen LogP contribution in [0.4, 0.5) is 4.79 Å². The summed E-state index contributed by atoms with van der Waals surface area (Å²) in [5.74, 6) is -0.865. The molecule has 0 radical (unpaired) electrons. The van der Waals surface area contributed by atoms with E-state index in [1.165, 1.54) is 0 Å². The summed E-state index contributed by atoms with van der Waals surface area (Å²) in [4.78, 5) is 40.1. The van der Waals surface area contributed by atoms with Gasteiger partial charge in [0.15, 0.2) is 12.3 Å². The number of carbonyl (C=O) groups excluding carboxylic acids is 3. The molecule has 1 saturated heterocycles. The van der Waals surface area contributed by atoms with Gasteiger partial charge in [-0.05, 0) is 19.1 Å². The van der Waals surface area contributed by atoms with E-state index in [2.05, 4.69) is 9.72 Å². The van der Waals surface area contributed by atoms with Crippen LogP contribution in [0.2, 0.25) is 0 Å². The van der Waals surface area contributed by atoms with E-state index in [-0.39, 0.29) is 30.5 Å². The zero-order chi connectivity index (χ0) is 17.1. The van der Waals surface area contributed by atoms with Gasteiger partial charge < -0.3 is 13.9 Å². The summed E-state index contributed by atoms with van der Waals surface area (Å²) in [6.45, 7) is 1.30. The summed E-state index contributed by atoms with van der Waals surface area (Å²) >= 11 is 0. The second-order valence-corrected chi connectivity index (χ2v) is 5.03. The molecular formula is C16H14N2O6. The molecule has 0 N–H and O–H groups in total. The number of imide groups is 1. The summed E-state index contributed by atoms with van der Waals surface area (Å²) in [7, 11) is 0. The number of oxazole rings is 1. The lowest BCUT2D eigenvalue weighted by Crippen LogP contribution is -2.35. The molecule has 0 aliphatic carbocycles. The van der Waals surface area contributed by atoms with Crippen LogP contribution in [0.3, 0.4) is 0 Å². The van der Waals surface area contributed by atoms with Gasteiger partial charge in [-0.1, -0.05) is 18.2 Å². The largest absolute Gasteiger partial charge is 0.451 e. The second-order valence-electron chi connectivity index (χ2n) is 5.03. The van der Waals surface area contributed by atoms with Crippen LogP contribution in [0.5, 0.6) is 0 Å². The first-order valence-electron chi connectivity index (χ1n) is 7.23. The summed E-state index contributed by atoms with van der Waals surface area (Å²) in [5.41, 5.74) is 0.709. The topological polar surface area (TPSA) is 98.9 Å². The van der Waals surface area contributed by atoms with Crippen LogP contribution < -0.4 is 0 Å². The Kier molecular flexibility index (Phi) is 4.28. The third kappa shape index (κ3) is 3.12. The molecule has 8 nitrogen and oxygen atoms in total. The van der Waals surface area contributed by atoms with Crippen LogP contribution >= 0.6 is 0 Å². The van der Waals surface area contributed by atoms with Crippen molar-refractivity contribution in [2.75, 3.05) is 19.8 Å². The van der Waals surface area contributed by atoms with Gasteiger partial charge in [-0.25, -0.2) is 19.5 Å². The summed E-state index contributed by atoms with van der Waals surface area (Å²) in [6.07, 6.45) is -0.736. The van der Waals surface area contributed by atoms with Gasteiger partial charge in [0, 0.05) is 5.56 Å². The van der Waals surface area contributed by atoms with Crippen LogP contribution in [-0.4, -0.2) is 47.6 Å². The summed E-state index contributed by atoms with van der Waals surface area (Å²) < 4.78 is 15.0. The maximum Gasteiger partial charge on any atom is 0.416 e. The van der Waals surface area contributed by atoms with Crippen molar-refractivity contribution in [3.05, 3.63) is 41.8 Å². The molecule has 8 heteroatoms. The maximum absolute atomic E-state index is 12.1. The predicted octanol–water partition coefficient (Wildman–Crippen LogP) is 1.79. The highest BCUT2D eigenvalue weighted by Gasteiger charge is 2.29. The Balaban J connectivity index is 1.66. The van der Waals surface area contributed by atoms with E-state index in [0.29, 0.717) is 0 Å². The minimum Gasteiger partial charge on any atom is -0.451 e. The number of amides is 2. The van der Waals surface area contributed by atoms with Crippen molar-refractivity contribution in [3.8, 4) is 11.5 Å². The van der Waals surface area contributed by atoms with E-state index in [1.807, 2.05) is 18.2 Å². The molecule has 0 atom stereocenters. The molecule has 1 aromatic carbocycles. The smallest absolute Gasteiger partial charge is 0.416 e. The quantitative estimate of drug-likeness (QED) is 0.788. The first-order valence-corrected chi connectivity index (χ1v) is 7.23. The predicted molar refractivity (Wildman–Crippen MR) is 80.0 cm³/mol. The third-order valence-electron chi connectivity index (χ3n) is 3.40. The van der Waals surface area contributed by atoms with Gasteiger partial charge in [0.1, 0.15) is 12.4 Å². The number of cyclic esters (lactones) is 1. The Morgan fingerprint density at radius 1 is 1.29 bits per heavy atom. The van der Waals surface area contributed by atoms with Crippen molar-refractivity contribution >= 4 is 18.0 Å². The Morgan fingerprint density at radius 2 is 2.04 bits per heavy atom. The van der Waals surface area contributed by atoms with Crippen molar-refractivity contribution in [3.63, 3.8) is 0 Å². The Morgan fingerprint density at radius 3 is 2.71 bits per heavy atom. The standard InChI is InChI=1S/C16H14N2O6/c1-10-13(17-14(24-10)11-5-3-2-4-6-11)15(20)23-9-12(19)18-7-8-22-16(18)21/h2-6H,7-9H2,1H3. The molecule has 2 amide bonds. The maximum atomic E-state index is 12.1. The SMILES string of the molecule is Cc1oc(-c2ccccc2)nc1C(=O)OCC(=O)N1CCOC1=O. The van der Waals surface area contributed by atoms with E-state index in [4.69, 9.17) is 9.15 Å². The monoisotopic (exact) mass is 330 g/mol. The van der Waals surface area contributed by atoms with E-state index >= 15 is 0 Å². The molecule has 3 rings (SSSR count). The van der Waals surface area contributed by atoms with Crippen molar-refractivity contribution in [1.29, 1.82) is 0 Å². The molecule has 124 valence electrons. The van der Waals surface area contributed by atoms with Crippen LogP contribution in [0.25, 0.3) is 11.5 Å². The number of hydrogen-bond donors (Lipinski definition) is 0. The Labute approximate surface area is 137 Å². The lowest BCUT2D eigenvalue weighted by molar-refractivity contribution is -0.131. The number of ether oxygens (including phenoxy) is 2. The van der Waals surface area contributed by atoms with Crippen molar-refractivity contribution in [2.45, 2.75) is 6.92 Å². The molecule has 0 saturated carbocycles. The fourth-order valence-electron chi connectivity index (χ4n) is 2.18. The highest BCUT2D eigenvalue weighted by molar-refractivity contribution is 5.96. The molecule has 2 aromatic rings. The van der Waals surface area contributed by atoms with E-state index in [0.717, 1.165) is 10.5 Å². The first-order chi connectivity index (χ1) is 11.6. The minimum absolute atomic E-state index is 0.00866. The van der Waals surface area contributed by atoms with Crippen LogP contribution in [0.15, 0.2) is 34.7 Å². The van der Waals surface area contributed by atoms with Crippen molar-refractivity contribution < 1.29 is 28.3 Å². The number of hydrogen-bond acceptors (Lipinski definition) is 7. The minimum atomic E-state index is -0.792. The van der Waals surface area contributed by atoms with Gasteiger partial charge in [0.25, 0.3) is 5.91 Å². The zero-order valence-corrected chi connectivity index (χ0v) is 12.9. The first kappa shape index (κ1) is 15.7. The molecular weight excluding hydrogens is 316 g/mol. The van der Waals surface area contributed by atoms with Gasteiger partial charge in [-0.15, -0.1) is 0 Å². The normalized spacial score (nSPS) is 13.7.